The number of amides is 1. The van der Waals surface area contributed by atoms with Gasteiger partial charge in [-0.15, -0.1) is 11.3 Å². The first-order valence-electron chi connectivity index (χ1n) is 10.1. The van der Waals surface area contributed by atoms with Gasteiger partial charge in [-0.2, -0.15) is 0 Å². The minimum atomic E-state index is -0.166. The highest BCUT2D eigenvalue weighted by molar-refractivity contribution is 7.13. The highest BCUT2D eigenvalue weighted by Gasteiger charge is 2.08. The molecule has 0 bridgehead atoms. The second kappa shape index (κ2) is 9.49. The van der Waals surface area contributed by atoms with Gasteiger partial charge in [0, 0.05) is 40.7 Å². The van der Waals surface area contributed by atoms with Crippen LogP contribution in [0.15, 0.2) is 84.5 Å². The predicted molar refractivity (Wildman–Crippen MR) is 129 cm³/mol. The molecule has 5 heteroatoms. The summed E-state index contributed by atoms with van der Waals surface area (Å²) in [5.74, 6) is 0.327. The number of thiazole rings is 1. The van der Waals surface area contributed by atoms with Crippen molar-refractivity contribution in [2.24, 2.45) is 0 Å². The van der Waals surface area contributed by atoms with Crippen LogP contribution in [0.25, 0.3) is 27.9 Å². The fourth-order valence-corrected chi connectivity index (χ4v) is 3.97. The Hall–Kier alpha value is -3.57. The van der Waals surface area contributed by atoms with Crippen molar-refractivity contribution in [1.29, 1.82) is 0 Å². The minimum Gasteiger partial charge on any atom is -0.322 e. The maximum absolute atomic E-state index is 12.4. The van der Waals surface area contributed by atoms with E-state index in [-0.39, 0.29) is 5.91 Å². The lowest BCUT2D eigenvalue weighted by molar-refractivity contribution is -0.111. The summed E-state index contributed by atoms with van der Waals surface area (Å²) >= 11 is 1.59. The molecule has 4 aromatic rings. The maximum atomic E-state index is 12.4. The van der Waals surface area contributed by atoms with Crippen LogP contribution in [0.4, 0.5) is 5.69 Å². The fourth-order valence-electron chi connectivity index (χ4n) is 3.14. The minimum absolute atomic E-state index is 0.166. The Morgan fingerprint density at radius 3 is 2.52 bits per heavy atom. The van der Waals surface area contributed by atoms with Crippen molar-refractivity contribution in [3.8, 4) is 21.8 Å². The molecule has 0 fully saturated rings. The summed E-state index contributed by atoms with van der Waals surface area (Å²) in [4.78, 5) is 21.2. The zero-order valence-electron chi connectivity index (χ0n) is 17.4. The Bertz CT molecular complexity index is 1190. The number of pyridine rings is 1. The molecule has 0 aliphatic rings. The molecular formula is C26H23N3OS. The van der Waals surface area contributed by atoms with Crippen LogP contribution < -0.4 is 5.32 Å². The first-order valence-corrected chi connectivity index (χ1v) is 11.0. The van der Waals surface area contributed by atoms with Gasteiger partial charge in [0.25, 0.3) is 0 Å². The predicted octanol–water partition coefficient (Wildman–Crippen LogP) is 6.65. The molecule has 0 unspecified atom stereocenters. The van der Waals surface area contributed by atoms with Gasteiger partial charge in [0.05, 0.1) is 5.69 Å². The topological polar surface area (TPSA) is 54.9 Å². The van der Waals surface area contributed by atoms with E-state index in [0.29, 0.717) is 5.92 Å². The van der Waals surface area contributed by atoms with Crippen LogP contribution in [-0.4, -0.2) is 15.9 Å². The van der Waals surface area contributed by atoms with Gasteiger partial charge < -0.3 is 5.32 Å². The highest BCUT2D eigenvalue weighted by Crippen LogP contribution is 2.29. The van der Waals surface area contributed by atoms with E-state index >= 15 is 0 Å². The van der Waals surface area contributed by atoms with Crippen molar-refractivity contribution in [2.45, 2.75) is 19.8 Å². The molecule has 4 rings (SSSR count). The van der Waals surface area contributed by atoms with Crippen molar-refractivity contribution in [3.63, 3.8) is 0 Å². The number of carbonyl (C=O) groups is 1. The van der Waals surface area contributed by atoms with Crippen molar-refractivity contribution in [3.05, 3.63) is 95.6 Å². The van der Waals surface area contributed by atoms with E-state index < -0.39 is 0 Å². The van der Waals surface area contributed by atoms with Gasteiger partial charge in [-0.1, -0.05) is 50.2 Å². The number of carbonyl (C=O) groups excluding carboxylic acids is 1. The zero-order chi connectivity index (χ0) is 21.6. The summed E-state index contributed by atoms with van der Waals surface area (Å²) in [7, 11) is 0. The van der Waals surface area contributed by atoms with E-state index in [0.717, 1.165) is 33.1 Å². The summed E-state index contributed by atoms with van der Waals surface area (Å²) in [5.41, 5.74) is 5.91. The van der Waals surface area contributed by atoms with Crippen LogP contribution in [0.5, 0.6) is 0 Å². The van der Waals surface area contributed by atoms with Crippen LogP contribution in [-0.2, 0) is 4.79 Å². The van der Waals surface area contributed by atoms with E-state index in [1.54, 1.807) is 29.8 Å². The number of benzene rings is 2. The number of nitrogens with zero attached hydrogens (tertiary/aromatic N) is 2. The monoisotopic (exact) mass is 425 g/mol. The highest BCUT2D eigenvalue weighted by atomic mass is 32.1. The fraction of sp³-hybridized carbons (Fsp3) is 0.115. The third-order valence-electron chi connectivity index (χ3n) is 4.89. The summed E-state index contributed by atoms with van der Waals surface area (Å²) < 4.78 is 0. The van der Waals surface area contributed by atoms with E-state index in [4.69, 9.17) is 4.98 Å². The van der Waals surface area contributed by atoms with Crippen LogP contribution in [0.3, 0.4) is 0 Å². The SMILES string of the molecule is CC(C)c1ccc(/C=C/C(=O)Nc2cccc(-c3csc(-c4ccncc4)n3)c2)cc1. The van der Waals surface area contributed by atoms with E-state index in [1.165, 1.54) is 5.56 Å². The molecule has 2 heterocycles. The van der Waals surface area contributed by atoms with Crippen LogP contribution in [0.2, 0.25) is 0 Å². The first kappa shape index (κ1) is 20.7. The molecule has 0 radical (unpaired) electrons. The summed E-state index contributed by atoms with van der Waals surface area (Å²) in [6.07, 6.45) is 6.91. The lowest BCUT2D eigenvalue weighted by atomic mass is 10.0. The molecule has 0 spiro atoms. The number of hydrogen-bond acceptors (Lipinski definition) is 4. The standard InChI is InChI=1S/C26H23N3OS/c1-18(2)20-9-6-19(7-10-20)8-11-25(30)28-23-5-3-4-22(16-23)24-17-31-26(29-24)21-12-14-27-15-13-21/h3-18H,1-2H3,(H,28,30)/b11-8+. The largest absolute Gasteiger partial charge is 0.322 e. The molecule has 2 aromatic heterocycles. The Labute approximate surface area is 186 Å². The van der Waals surface area contributed by atoms with Crippen LogP contribution in [0.1, 0.15) is 30.9 Å². The second-order valence-corrected chi connectivity index (χ2v) is 8.36. The summed E-state index contributed by atoms with van der Waals surface area (Å²) in [6.45, 7) is 4.33. The third-order valence-corrected chi connectivity index (χ3v) is 5.78. The van der Waals surface area contributed by atoms with E-state index in [1.807, 2.05) is 60.0 Å². The van der Waals surface area contributed by atoms with Crippen molar-refractivity contribution in [2.75, 3.05) is 5.32 Å². The molecule has 1 amide bonds. The average molecular weight is 426 g/mol. The number of hydrogen-bond donors (Lipinski definition) is 1. The van der Waals surface area contributed by atoms with Crippen molar-refractivity contribution >= 4 is 29.0 Å². The lowest BCUT2D eigenvalue weighted by Gasteiger charge is -2.05. The normalized spacial score (nSPS) is 11.2. The number of aromatic nitrogens is 2. The number of nitrogens with one attached hydrogen (secondary N) is 1. The smallest absolute Gasteiger partial charge is 0.248 e. The Kier molecular flexibility index (Phi) is 6.34. The van der Waals surface area contributed by atoms with Gasteiger partial charge in [0.15, 0.2) is 0 Å². The Balaban J connectivity index is 1.44. The van der Waals surface area contributed by atoms with Crippen LogP contribution in [0, 0.1) is 0 Å². The van der Waals surface area contributed by atoms with Gasteiger partial charge in [0.1, 0.15) is 5.01 Å². The number of anilines is 1. The quantitative estimate of drug-likeness (QED) is 0.352. The van der Waals surface area contributed by atoms with Gasteiger partial charge in [0.2, 0.25) is 5.91 Å². The molecule has 0 saturated carbocycles. The molecule has 0 atom stereocenters. The second-order valence-electron chi connectivity index (χ2n) is 7.50. The number of rotatable bonds is 6. The zero-order valence-corrected chi connectivity index (χ0v) is 18.3. The van der Waals surface area contributed by atoms with Crippen molar-refractivity contribution in [1.82, 2.24) is 9.97 Å². The molecule has 154 valence electrons. The van der Waals surface area contributed by atoms with E-state index in [2.05, 4.69) is 36.3 Å². The molecule has 2 aromatic carbocycles. The Morgan fingerprint density at radius 1 is 1.00 bits per heavy atom. The molecular weight excluding hydrogens is 402 g/mol. The van der Waals surface area contributed by atoms with Gasteiger partial charge in [-0.05, 0) is 47.4 Å². The van der Waals surface area contributed by atoms with Gasteiger partial charge in [-0.25, -0.2) is 4.98 Å². The lowest BCUT2D eigenvalue weighted by Crippen LogP contribution is -2.07. The molecule has 0 saturated heterocycles. The third kappa shape index (κ3) is 5.32. The summed E-state index contributed by atoms with van der Waals surface area (Å²) in [6, 6.07) is 19.9. The van der Waals surface area contributed by atoms with Gasteiger partial charge in [-0.3, -0.25) is 9.78 Å². The Morgan fingerprint density at radius 2 is 1.77 bits per heavy atom. The molecule has 31 heavy (non-hydrogen) atoms. The van der Waals surface area contributed by atoms with Gasteiger partial charge >= 0.3 is 0 Å². The molecule has 0 aliphatic heterocycles. The molecule has 0 aliphatic carbocycles. The molecule has 4 nitrogen and oxygen atoms in total. The van der Waals surface area contributed by atoms with Crippen molar-refractivity contribution < 1.29 is 4.79 Å². The first-order chi connectivity index (χ1) is 15.1. The summed E-state index contributed by atoms with van der Waals surface area (Å²) in [5, 5.41) is 5.90. The molecule has 1 N–H and O–H groups in total. The van der Waals surface area contributed by atoms with E-state index in [9.17, 15) is 4.79 Å². The van der Waals surface area contributed by atoms with Crippen LogP contribution >= 0.6 is 11.3 Å². The maximum Gasteiger partial charge on any atom is 0.248 e. The average Bonchev–Trinajstić information content (AvgIpc) is 3.29.